The predicted molar refractivity (Wildman–Crippen MR) is 216 cm³/mol. The van der Waals surface area contributed by atoms with E-state index in [4.69, 9.17) is 27.1 Å². The van der Waals surface area contributed by atoms with E-state index in [0.29, 0.717) is 37.1 Å². The summed E-state index contributed by atoms with van der Waals surface area (Å²) < 4.78 is 17.7. The maximum absolute atomic E-state index is 10.0. The molecule has 0 fully saturated rings. The molecule has 0 aliphatic heterocycles. The molecule has 0 saturated heterocycles. The van der Waals surface area contributed by atoms with Crippen molar-refractivity contribution in [3.63, 3.8) is 0 Å². The minimum absolute atomic E-state index is 0.0982. The Hall–Kier alpha value is -4.48. The van der Waals surface area contributed by atoms with Gasteiger partial charge in [-0.2, -0.15) is 0 Å². The van der Waals surface area contributed by atoms with Crippen molar-refractivity contribution >= 4 is 59.5 Å². The fraction of sp³-hybridized carbons (Fsp3) is 0.333. The van der Waals surface area contributed by atoms with Gasteiger partial charge in [0.25, 0.3) is 0 Å². The summed E-state index contributed by atoms with van der Waals surface area (Å²) in [4.78, 5) is 6.82. The molecule has 9 heteroatoms. The molecule has 6 aromatic rings. The highest BCUT2D eigenvalue weighted by atomic mass is 79.9. The van der Waals surface area contributed by atoms with Crippen molar-refractivity contribution in [2.45, 2.75) is 52.0 Å². The lowest BCUT2D eigenvalue weighted by Crippen LogP contribution is -2.37. The second-order valence-electron chi connectivity index (χ2n) is 12.6. The SMILES string of the molecule is C#CCBr.C#CCOC(CNC(C)C)COc1cccc2[nH]c3ccccc3c12.CC(C)NCC(O)COc1cccc2[nH]c3ccccc3c12. The number of benzene rings is 4. The van der Waals surface area contributed by atoms with E-state index in [9.17, 15) is 5.11 Å². The van der Waals surface area contributed by atoms with E-state index in [1.54, 1.807) is 0 Å². The number of aromatic amines is 2. The largest absolute Gasteiger partial charge is 0.490 e. The Kier molecular flexibility index (Phi) is 15.7. The lowest BCUT2D eigenvalue weighted by molar-refractivity contribution is 0.0389. The topological polar surface area (TPSA) is 104 Å². The summed E-state index contributed by atoms with van der Waals surface area (Å²) in [5.41, 5.74) is 4.32. The number of aliphatic hydroxyl groups excluding tert-OH is 1. The monoisotopic (exact) mass is 752 g/mol. The van der Waals surface area contributed by atoms with E-state index in [-0.39, 0.29) is 19.3 Å². The van der Waals surface area contributed by atoms with Crippen molar-refractivity contribution in [1.29, 1.82) is 0 Å². The van der Waals surface area contributed by atoms with Crippen molar-refractivity contribution in [2.75, 3.05) is 38.2 Å². The molecule has 0 aliphatic carbocycles. The van der Waals surface area contributed by atoms with Crippen LogP contribution in [-0.4, -0.2) is 77.6 Å². The molecule has 0 bridgehead atoms. The third kappa shape index (κ3) is 11.5. The van der Waals surface area contributed by atoms with Crippen LogP contribution in [0.5, 0.6) is 11.5 Å². The average molecular weight is 754 g/mol. The Morgan fingerprint density at radius 2 is 1.14 bits per heavy atom. The maximum Gasteiger partial charge on any atom is 0.129 e. The van der Waals surface area contributed by atoms with Crippen LogP contribution in [0, 0.1) is 24.7 Å². The van der Waals surface area contributed by atoms with Gasteiger partial charge in [-0.05, 0) is 36.4 Å². The number of hydrogen-bond donors (Lipinski definition) is 5. The molecule has 2 unspecified atom stereocenters. The molecule has 8 nitrogen and oxygen atoms in total. The van der Waals surface area contributed by atoms with Gasteiger partial charge in [0.1, 0.15) is 43.5 Å². The maximum atomic E-state index is 10.0. The van der Waals surface area contributed by atoms with Crippen LogP contribution < -0.4 is 20.1 Å². The molecule has 2 heterocycles. The van der Waals surface area contributed by atoms with Crippen LogP contribution in [-0.2, 0) is 4.74 Å². The van der Waals surface area contributed by atoms with Crippen LogP contribution in [0.1, 0.15) is 27.7 Å². The highest BCUT2D eigenvalue weighted by Gasteiger charge is 2.15. The van der Waals surface area contributed by atoms with Crippen molar-refractivity contribution in [3.8, 4) is 36.2 Å². The molecule has 0 aliphatic rings. The first kappa shape index (κ1) is 39.3. The van der Waals surface area contributed by atoms with Gasteiger partial charge >= 0.3 is 0 Å². The summed E-state index contributed by atoms with van der Waals surface area (Å²) in [7, 11) is 0. The summed E-state index contributed by atoms with van der Waals surface area (Å²) in [6.07, 6.45) is 9.43. The Balaban J connectivity index is 0.000000208. The number of rotatable bonds is 14. The molecule has 0 amide bonds. The Morgan fingerprint density at radius 3 is 1.63 bits per heavy atom. The first-order chi connectivity index (χ1) is 24.7. The van der Waals surface area contributed by atoms with Crippen molar-refractivity contribution in [1.82, 2.24) is 20.6 Å². The van der Waals surface area contributed by atoms with Gasteiger partial charge in [0.15, 0.2) is 0 Å². The number of ether oxygens (including phenoxy) is 3. The molecule has 0 saturated carbocycles. The number of hydrogen-bond acceptors (Lipinski definition) is 6. The van der Waals surface area contributed by atoms with E-state index in [0.717, 1.165) is 55.1 Å². The number of para-hydroxylation sites is 2. The minimum Gasteiger partial charge on any atom is -0.490 e. The number of terminal acetylenes is 2. The van der Waals surface area contributed by atoms with Gasteiger partial charge in [-0.1, -0.05) is 104 Å². The molecule has 0 spiro atoms. The lowest BCUT2D eigenvalue weighted by atomic mass is 10.1. The Labute approximate surface area is 309 Å². The summed E-state index contributed by atoms with van der Waals surface area (Å²) in [5.74, 6) is 6.53. The third-order valence-electron chi connectivity index (χ3n) is 7.83. The van der Waals surface area contributed by atoms with Gasteiger partial charge in [0.05, 0.1) is 16.4 Å². The van der Waals surface area contributed by atoms with Gasteiger partial charge in [-0.3, -0.25) is 0 Å². The van der Waals surface area contributed by atoms with Crippen molar-refractivity contribution < 1.29 is 19.3 Å². The Morgan fingerprint density at radius 1 is 0.667 bits per heavy atom. The lowest BCUT2D eigenvalue weighted by Gasteiger charge is -2.20. The summed E-state index contributed by atoms with van der Waals surface area (Å²) in [6, 6.07) is 29.2. The highest BCUT2D eigenvalue weighted by molar-refractivity contribution is 9.09. The zero-order valence-electron chi connectivity index (χ0n) is 29.8. The number of aromatic nitrogens is 2. The van der Waals surface area contributed by atoms with E-state index in [1.165, 1.54) is 0 Å². The predicted octanol–water partition coefficient (Wildman–Crippen LogP) is 7.79. The van der Waals surface area contributed by atoms with Gasteiger partial charge in [0, 0.05) is 57.8 Å². The van der Waals surface area contributed by atoms with Crippen molar-refractivity contribution in [2.24, 2.45) is 0 Å². The third-order valence-corrected chi connectivity index (χ3v) is 8.16. The highest BCUT2D eigenvalue weighted by Crippen LogP contribution is 2.34. The van der Waals surface area contributed by atoms with Gasteiger partial charge < -0.3 is 39.9 Å². The van der Waals surface area contributed by atoms with E-state index in [2.05, 4.69) is 106 Å². The number of fused-ring (bicyclic) bond motifs is 6. The molecular formula is C42H49BrN4O4. The van der Waals surface area contributed by atoms with Gasteiger partial charge in [-0.15, -0.1) is 12.8 Å². The zero-order valence-corrected chi connectivity index (χ0v) is 31.4. The van der Waals surface area contributed by atoms with Crippen LogP contribution in [0.4, 0.5) is 0 Å². The number of alkyl halides is 1. The summed E-state index contributed by atoms with van der Waals surface area (Å²) in [5, 5.41) is 21.7. The summed E-state index contributed by atoms with van der Waals surface area (Å²) in [6.45, 7) is 10.5. The molecule has 2 atom stereocenters. The zero-order chi connectivity index (χ0) is 36.6. The molecular weight excluding hydrogens is 704 g/mol. The van der Waals surface area contributed by atoms with Gasteiger partial charge in [-0.25, -0.2) is 0 Å². The van der Waals surface area contributed by atoms with E-state index >= 15 is 0 Å². The minimum atomic E-state index is -0.525. The van der Waals surface area contributed by atoms with Crippen LogP contribution in [0.2, 0.25) is 0 Å². The molecule has 0 radical (unpaired) electrons. The molecule has 51 heavy (non-hydrogen) atoms. The molecule has 4 aromatic carbocycles. The smallest absolute Gasteiger partial charge is 0.129 e. The standard InChI is InChI=1S/C21H24N2O2.C18H22N2O2.C3H3Br/c1-4-12-24-16(13-22-15(2)3)14-25-20-11-7-10-19-21(20)17-8-5-6-9-18(17)23-19;1-12(2)19-10-13(21)11-22-17-9-5-8-16-18(17)14-6-3-4-7-15(14)20-16;1-2-3-4/h1,5-11,15-16,22-23H,12-14H2,2-3H3;3-9,12-13,19-21H,10-11H2,1-2H3;1H,3H2. The Bertz CT molecular complexity index is 2040. The van der Waals surface area contributed by atoms with Crippen LogP contribution in [0.15, 0.2) is 84.9 Å². The van der Waals surface area contributed by atoms with E-state index < -0.39 is 6.10 Å². The molecule has 6 rings (SSSR count). The van der Waals surface area contributed by atoms with E-state index in [1.807, 2.05) is 54.6 Å². The second-order valence-corrected chi connectivity index (χ2v) is 13.1. The molecule has 5 N–H and O–H groups in total. The first-order valence-corrected chi connectivity index (χ1v) is 18.3. The van der Waals surface area contributed by atoms with Crippen LogP contribution >= 0.6 is 15.9 Å². The number of nitrogens with one attached hydrogen (secondary N) is 4. The first-order valence-electron chi connectivity index (χ1n) is 17.2. The number of H-pyrrole nitrogens is 2. The number of aliphatic hydroxyl groups is 1. The fourth-order valence-corrected chi connectivity index (χ4v) is 5.48. The average Bonchev–Trinajstić information content (AvgIpc) is 3.72. The van der Waals surface area contributed by atoms with Crippen LogP contribution in [0.3, 0.4) is 0 Å². The quantitative estimate of drug-likeness (QED) is 0.0575. The van der Waals surface area contributed by atoms with Crippen LogP contribution in [0.25, 0.3) is 43.6 Å². The normalized spacial score (nSPS) is 12.2. The molecule has 268 valence electrons. The molecule has 2 aromatic heterocycles. The fourth-order valence-electron chi connectivity index (χ4n) is 5.48. The summed E-state index contributed by atoms with van der Waals surface area (Å²) >= 11 is 3.01. The van der Waals surface area contributed by atoms with Gasteiger partial charge in [0.2, 0.25) is 0 Å². The number of halogens is 1. The van der Waals surface area contributed by atoms with Crippen molar-refractivity contribution in [3.05, 3.63) is 84.9 Å². The second kappa shape index (κ2) is 20.4.